The van der Waals surface area contributed by atoms with E-state index in [2.05, 4.69) is 30.3 Å². The Morgan fingerprint density at radius 1 is 1.09 bits per heavy atom. The topological polar surface area (TPSA) is 77.8 Å². The summed E-state index contributed by atoms with van der Waals surface area (Å²) >= 11 is 0. The van der Waals surface area contributed by atoms with Crippen molar-refractivity contribution in [3.8, 4) is 23.7 Å². The molecule has 0 aliphatic heterocycles. The highest BCUT2D eigenvalue weighted by Gasteiger charge is 1.99. The molecule has 0 rings (SSSR count). The first kappa shape index (κ1) is 20.0. The van der Waals surface area contributed by atoms with E-state index in [1.807, 2.05) is 0 Å². The van der Waals surface area contributed by atoms with Gasteiger partial charge in [0.15, 0.2) is 0 Å². The van der Waals surface area contributed by atoms with Crippen molar-refractivity contribution < 1.29 is 20.1 Å². The molecule has 0 amide bonds. The van der Waals surface area contributed by atoms with Gasteiger partial charge in [0.25, 0.3) is 0 Å². The maximum Gasteiger partial charge on any atom is 0.303 e. The molecule has 0 heterocycles. The average molecular weight is 304 g/mol. The van der Waals surface area contributed by atoms with E-state index in [1.165, 1.54) is 6.08 Å². The summed E-state index contributed by atoms with van der Waals surface area (Å²) < 4.78 is 0. The van der Waals surface area contributed by atoms with Crippen molar-refractivity contribution in [1.82, 2.24) is 0 Å². The SMILES string of the molecule is C=C[C@@H](O)C#CC#CC=CC(O)CCCCCCCC(=O)O. The molecule has 0 bridgehead atoms. The number of hydrogen-bond donors (Lipinski definition) is 3. The summed E-state index contributed by atoms with van der Waals surface area (Å²) in [6.45, 7) is 3.38. The van der Waals surface area contributed by atoms with Crippen molar-refractivity contribution in [2.45, 2.75) is 57.2 Å². The summed E-state index contributed by atoms with van der Waals surface area (Å²) in [5.41, 5.74) is 0. The Morgan fingerprint density at radius 3 is 2.45 bits per heavy atom. The Hall–Kier alpha value is -2.01. The Balaban J connectivity index is 3.68. The number of hydrogen-bond acceptors (Lipinski definition) is 3. The number of aliphatic hydroxyl groups excluding tert-OH is 2. The number of allylic oxidation sites excluding steroid dienone is 1. The highest BCUT2D eigenvalue weighted by molar-refractivity contribution is 5.66. The molecule has 4 heteroatoms. The number of rotatable bonds is 10. The van der Waals surface area contributed by atoms with Gasteiger partial charge in [0, 0.05) is 6.42 Å². The van der Waals surface area contributed by atoms with Gasteiger partial charge in [-0.15, -0.1) is 0 Å². The molecule has 0 aromatic rings. The van der Waals surface area contributed by atoms with Crippen molar-refractivity contribution in [2.75, 3.05) is 0 Å². The van der Waals surface area contributed by atoms with Crippen LogP contribution in [0, 0.1) is 23.7 Å². The van der Waals surface area contributed by atoms with Crippen molar-refractivity contribution >= 4 is 5.97 Å². The third-order valence-electron chi connectivity index (χ3n) is 2.87. The van der Waals surface area contributed by atoms with Crippen LogP contribution in [0.3, 0.4) is 0 Å². The number of aliphatic hydroxyl groups is 2. The van der Waals surface area contributed by atoms with Crippen LogP contribution in [0.15, 0.2) is 24.8 Å². The maximum absolute atomic E-state index is 10.3. The van der Waals surface area contributed by atoms with E-state index in [1.54, 1.807) is 12.2 Å². The highest BCUT2D eigenvalue weighted by atomic mass is 16.4. The minimum atomic E-state index is -0.862. The Kier molecular flexibility index (Phi) is 12.7. The Bertz CT molecular complexity index is 471. The third kappa shape index (κ3) is 14.4. The fourth-order valence-corrected chi connectivity index (χ4v) is 1.66. The third-order valence-corrected chi connectivity index (χ3v) is 2.87. The predicted octanol–water partition coefficient (Wildman–Crippen LogP) is 2.27. The molecule has 3 N–H and O–H groups in total. The fourth-order valence-electron chi connectivity index (χ4n) is 1.66. The molecule has 0 aliphatic rings. The zero-order chi connectivity index (χ0) is 16.6. The molecule has 0 saturated heterocycles. The molecule has 2 atom stereocenters. The first-order chi connectivity index (χ1) is 10.6. The molecule has 1 unspecified atom stereocenters. The van der Waals surface area contributed by atoms with E-state index in [0.717, 1.165) is 32.1 Å². The van der Waals surface area contributed by atoms with Gasteiger partial charge in [-0.2, -0.15) is 0 Å². The molecule has 4 nitrogen and oxygen atoms in total. The lowest BCUT2D eigenvalue weighted by Crippen LogP contribution is -2.01. The first-order valence-electron chi connectivity index (χ1n) is 7.44. The normalized spacial score (nSPS) is 12.6. The molecule has 0 saturated carbocycles. The fraction of sp³-hybridized carbons (Fsp3) is 0.500. The van der Waals surface area contributed by atoms with Gasteiger partial charge in [0.2, 0.25) is 0 Å². The summed E-state index contributed by atoms with van der Waals surface area (Å²) in [6, 6.07) is 0. The zero-order valence-corrected chi connectivity index (χ0v) is 12.8. The van der Waals surface area contributed by atoms with Gasteiger partial charge in [0.1, 0.15) is 6.10 Å². The number of carbonyl (C=O) groups is 1. The van der Waals surface area contributed by atoms with Gasteiger partial charge in [-0.25, -0.2) is 0 Å². The van der Waals surface area contributed by atoms with Crippen molar-refractivity contribution in [3.63, 3.8) is 0 Å². The quantitative estimate of drug-likeness (QED) is 0.329. The lowest BCUT2D eigenvalue weighted by atomic mass is 10.1. The van der Waals surface area contributed by atoms with Gasteiger partial charge in [0.05, 0.1) is 6.10 Å². The van der Waals surface area contributed by atoms with E-state index in [0.29, 0.717) is 6.42 Å². The number of carboxylic acids is 1. The molecule has 120 valence electrons. The summed E-state index contributed by atoms with van der Waals surface area (Å²) in [7, 11) is 0. The average Bonchev–Trinajstić information content (AvgIpc) is 2.49. The highest BCUT2D eigenvalue weighted by Crippen LogP contribution is 2.09. The Morgan fingerprint density at radius 2 is 1.77 bits per heavy atom. The van der Waals surface area contributed by atoms with E-state index in [4.69, 9.17) is 10.2 Å². The van der Waals surface area contributed by atoms with Crippen LogP contribution in [0.5, 0.6) is 0 Å². The second-order valence-electron chi connectivity index (χ2n) is 4.85. The van der Waals surface area contributed by atoms with Gasteiger partial charge in [-0.3, -0.25) is 4.79 Å². The molecular formula is C18H24O4. The van der Waals surface area contributed by atoms with Gasteiger partial charge in [-0.1, -0.05) is 50.2 Å². The summed E-state index contributed by atoms with van der Waals surface area (Å²) in [5, 5.41) is 27.2. The molecular weight excluding hydrogens is 280 g/mol. The van der Waals surface area contributed by atoms with Crippen LogP contribution in [-0.2, 0) is 4.79 Å². The molecule has 0 fully saturated rings. The van der Waals surface area contributed by atoms with Crippen LogP contribution in [-0.4, -0.2) is 33.5 Å². The largest absolute Gasteiger partial charge is 0.481 e. The van der Waals surface area contributed by atoms with E-state index in [-0.39, 0.29) is 6.42 Å². The van der Waals surface area contributed by atoms with E-state index >= 15 is 0 Å². The van der Waals surface area contributed by atoms with Crippen LogP contribution in [0.25, 0.3) is 0 Å². The summed E-state index contributed by atoms with van der Waals surface area (Å²) in [4.78, 5) is 10.3. The van der Waals surface area contributed by atoms with Gasteiger partial charge in [-0.05, 0) is 36.8 Å². The second-order valence-corrected chi connectivity index (χ2v) is 4.85. The minimum absolute atomic E-state index is 0.233. The van der Waals surface area contributed by atoms with Crippen LogP contribution >= 0.6 is 0 Å². The number of unbranched alkanes of at least 4 members (excludes halogenated alkanes) is 4. The molecule has 0 aromatic carbocycles. The molecule has 0 aromatic heterocycles. The lowest BCUT2D eigenvalue weighted by molar-refractivity contribution is -0.137. The monoisotopic (exact) mass is 304 g/mol. The zero-order valence-electron chi connectivity index (χ0n) is 12.8. The minimum Gasteiger partial charge on any atom is -0.481 e. The number of carboxylic acid groups (broad SMARTS) is 1. The molecule has 0 radical (unpaired) electrons. The van der Waals surface area contributed by atoms with Crippen LogP contribution in [0.1, 0.15) is 44.9 Å². The van der Waals surface area contributed by atoms with Crippen molar-refractivity contribution in [3.05, 3.63) is 24.8 Å². The van der Waals surface area contributed by atoms with E-state index in [9.17, 15) is 9.90 Å². The summed E-state index contributed by atoms with van der Waals surface area (Å²) in [6.07, 6.45) is 8.50. The molecule has 0 aliphatic carbocycles. The predicted molar refractivity (Wildman–Crippen MR) is 86.9 cm³/mol. The second kappa shape index (κ2) is 13.9. The standard InChI is InChI=1S/C18H24O4/c1-2-16(19)12-8-6-7-10-14-17(20)13-9-4-3-5-11-15-18(21)22/h2,10,14,16-17,19-20H,1,3-5,9,11,13,15H2,(H,21,22)/t16-,17?/m1/s1. The van der Waals surface area contributed by atoms with Gasteiger partial charge < -0.3 is 15.3 Å². The first-order valence-corrected chi connectivity index (χ1v) is 7.44. The molecule has 0 spiro atoms. The van der Waals surface area contributed by atoms with Gasteiger partial charge >= 0.3 is 5.97 Å². The summed E-state index contributed by atoms with van der Waals surface area (Å²) in [5.74, 6) is 9.40. The Labute approximate surface area is 132 Å². The smallest absolute Gasteiger partial charge is 0.303 e. The maximum atomic E-state index is 10.3. The lowest BCUT2D eigenvalue weighted by Gasteiger charge is -2.04. The van der Waals surface area contributed by atoms with E-state index < -0.39 is 18.2 Å². The number of aliphatic carboxylic acids is 1. The van der Waals surface area contributed by atoms with Crippen molar-refractivity contribution in [1.29, 1.82) is 0 Å². The molecule has 22 heavy (non-hydrogen) atoms. The van der Waals surface area contributed by atoms with Crippen LogP contribution in [0.4, 0.5) is 0 Å². The van der Waals surface area contributed by atoms with Crippen LogP contribution in [0.2, 0.25) is 0 Å². The van der Waals surface area contributed by atoms with Crippen molar-refractivity contribution in [2.24, 2.45) is 0 Å². The van der Waals surface area contributed by atoms with Crippen LogP contribution < -0.4 is 0 Å².